The Morgan fingerprint density at radius 3 is 2.48 bits per heavy atom. The minimum atomic E-state index is -0.0950. The highest BCUT2D eigenvalue weighted by molar-refractivity contribution is 7.80. The Labute approximate surface area is 149 Å². The van der Waals surface area contributed by atoms with Crippen LogP contribution < -0.4 is 5.73 Å². The van der Waals surface area contributed by atoms with Crippen LogP contribution in [0.15, 0.2) is 67.8 Å². The van der Waals surface area contributed by atoms with Gasteiger partial charge >= 0.3 is 0 Å². The Kier molecular flexibility index (Phi) is 4.53. The van der Waals surface area contributed by atoms with Crippen molar-refractivity contribution >= 4 is 46.2 Å². The molecule has 0 atom stereocenters. The molecule has 7 nitrogen and oxygen atoms in total. The zero-order valence-corrected chi connectivity index (χ0v) is 14.1. The summed E-state index contributed by atoms with van der Waals surface area (Å²) >= 11 is 4.35. The molecule has 0 aromatic heterocycles. The van der Waals surface area contributed by atoms with E-state index in [2.05, 4.69) is 33.1 Å². The lowest BCUT2D eigenvalue weighted by molar-refractivity contribution is 0.475. The Morgan fingerprint density at radius 1 is 0.960 bits per heavy atom. The smallest absolute Gasteiger partial charge is 0.152 e. The predicted molar refractivity (Wildman–Crippen MR) is 100 cm³/mol. The molecular formula is C17H15N5O2S. The van der Waals surface area contributed by atoms with Crippen molar-refractivity contribution < 1.29 is 10.2 Å². The van der Waals surface area contributed by atoms with Crippen LogP contribution in [0, 0.1) is 0 Å². The van der Waals surface area contributed by atoms with Gasteiger partial charge in [0, 0.05) is 29.1 Å². The molecule has 3 rings (SSSR count). The van der Waals surface area contributed by atoms with E-state index in [4.69, 9.17) is 5.73 Å². The van der Waals surface area contributed by atoms with Crippen molar-refractivity contribution in [2.24, 2.45) is 20.5 Å². The molecule has 25 heavy (non-hydrogen) atoms. The topological polar surface area (TPSA) is 116 Å². The molecule has 0 amide bonds. The molecule has 0 spiro atoms. The van der Waals surface area contributed by atoms with Gasteiger partial charge in [0.2, 0.25) is 0 Å². The second-order valence-corrected chi connectivity index (χ2v) is 5.73. The monoisotopic (exact) mass is 353 g/mol. The van der Waals surface area contributed by atoms with Gasteiger partial charge in [0.15, 0.2) is 5.75 Å². The summed E-state index contributed by atoms with van der Waals surface area (Å²) in [4.78, 5) is 0.440. The number of nitrogens with zero attached hydrogens (tertiary/aromatic N) is 4. The predicted octanol–water partition coefficient (Wildman–Crippen LogP) is 5.25. The molecule has 3 aromatic carbocycles. The summed E-state index contributed by atoms with van der Waals surface area (Å²) in [6, 6.07) is 11.5. The third-order valence-electron chi connectivity index (χ3n) is 3.52. The molecule has 0 aliphatic carbocycles. The van der Waals surface area contributed by atoms with Crippen LogP contribution in [0.5, 0.6) is 11.5 Å². The summed E-state index contributed by atoms with van der Waals surface area (Å²) in [7, 11) is 1.54. The van der Waals surface area contributed by atoms with E-state index in [9.17, 15) is 10.2 Å². The molecule has 0 saturated heterocycles. The maximum absolute atomic E-state index is 10.4. The fraction of sp³-hybridized carbons (Fsp3) is 0.0588. The van der Waals surface area contributed by atoms with Gasteiger partial charge in [-0.2, -0.15) is 10.2 Å². The van der Waals surface area contributed by atoms with Gasteiger partial charge in [0.25, 0.3) is 0 Å². The van der Waals surface area contributed by atoms with Crippen LogP contribution >= 0.6 is 12.6 Å². The van der Waals surface area contributed by atoms with Gasteiger partial charge in [-0.25, -0.2) is 0 Å². The largest absolute Gasteiger partial charge is 0.506 e. The average Bonchev–Trinajstić information content (AvgIpc) is 2.56. The molecular weight excluding hydrogens is 338 g/mol. The van der Waals surface area contributed by atoms with Gasteiger partial charge in [-0.05, 0) is 41.8 Å². The first-order valence-corrected chi connectivity index (χ1v) is 7.73. The number of hydrogen-bond acceptors (Lipinski definition) is 8. The lowest BCUT2D eigenvalue weighted by Crippen LogP contribution is -1.85. The first kappa shape index (κ1) is 16.7. The zero-order valence-electron chi connectivity index (χ0n) is 13.2. The zero-order chi connectivity index (χ0) is 18.0. The van der Waals surface area contributed by atoms with E-state index in [0.717, 1.165) is 5.39 Å². The van der Waals surface area contributed by atoms with Crippen LogP contribution in [-0.2, 0) is 0 Å². The SMILES string of the molecule is CN=Nc1ccc(N=Nc2c(S)cc3cc(N)ccc3c2O)c(O)c1. The maximum atomic E-state index is 10.4. The molecule has 8 heteroatoms. The van der Waals surface area contributed by atoms with E-state index in [1.807, 2.05) is 0 Å². The fourth-order valence-corrected chi connectivity index (χ4v) is 2.65. The van der Waals surface area contributed by atoms with Gasteiger partial charge in [0.1, 0.15) is 17.1 Å². The van der Waals surface area contributed by atoms with Gasteiger partial charge in [0.05, 0.1) is 5.69 Å². The number of phenols is 2. The minimum absolute atomic E-state index is 0.0536. The van der Waals surface area contributed by atoms with Crippen molar-refractivity contribution in [1.82, 2.24) is 0 Å². The van der Waals surface area contributed by atoms with E-state index >= 15 is 0 Å². The number of thiol groups is 1. The fourth-order valence-electron chi connectivity index (χ4n) is 2.36. The number of azo groups is 2. The molecule has 0 aliphatic rings. The van der Waals surface area contributed by atoms with Crippen molar-refractivity contribution in [3.05, 3.63) is 42.5 Å². The van der Waals surface area contributed by atoms with Crippen LogP contribution in [0.25, 0.3) is 10.8 Å². The summed E-state index contributed by atoms with van der Waals surface area (Å²) < 4.78 is 0. The third-order valence-corrected chi connectivity index (χ3v) is 3.86. The molecule has 0 fully saturated rings. The lowest BCUT2D eigenvalue weighted by Gasteiger charge is -2.07. The van der Waals surface area contributed by atoms with E-state index in [1.54, 1.807) is 36.4 Å². The van der Waals surface area contributed by atoms with Gasteiger partial charge in [-0.15, -0.1) is 22.9 Å². The van der Waals surface area contributed by atoms with Crippen LogP contribution in [0.1, 0.15) is 0 Å². The van der Waals surface area contributed by atoms with Crippen LogP contribution in [-0.4, -0.2) is 17.3 Å². The Balaban J connectivity index is 2.03. The quantitative estimate of drug-likeness (QED) is 0.293. The van der Waals surface area contributed by atoms with Gasteiger partial charge in [-0.3, -0.25) is 0 Å². The van der Waals surface area contributed by atoms with Gasteiger partial charge < -0.3 is 15.9 Å². The highest BCUT2D eigenvalue weighted by Crippen LogP contribution is 2.42. The lowest BCUT2D eigenvalue weighted by atomic mass is 10.1. The average molecular weight is 353 g/mol. The van der Waals surface area contributed by atoms with E-state index in [1.165, 1.54) is 13.1 Å². The second kappa shape index (κ2) is 6.78. The van der Waals surface area contributed by atoms with Crippen molar-refractivity contribution in [2.45, 2.75) is 4.90 Å². The molecule has 126 valence electrons. The summed E-state index contributed by atoms with van der Waals surface area (Å²) in [5.41, 5.74) is 7.28. The third kappa shape index (κ3) is 3.38. The summed E-state index contributed by atoms with van der Waals surface area (Å²) in [6.07, 6.45) is 0. The van der Waals surface area contributed by atoms with Crippen molar-refractivity contribution in [1.29, 1.82) is 0 Å². The van der Waals surface area contributed by atoms with Crippen LogP contribution in [0.4, 0.5) is 22.7 Å². The molecule has 0 heterocycles. The van der Waals surface area contributed by atoms with E-state index in [-0.39, 0.29) is 22.9 Å². The number of hydrogen-bond donors (Lipinski definition) is 4. The number of benzene rings is 3. The number of aromatic hydroxyl groups is 2. The highest BCUT2D eigenvalue weighted by Gasteiger charge is 2.11. The molecule has 0 radical (unpaired) electrons. The number of nitrogen functional groups attached to an aromatic ring is 1. The standard InChI is InChI=1S/C17H15N5O2S/c1-19-20-11-3-5-13(14(23)8-11)21-22-16-15(25)7-9-6-10(18)2-4-12(9)17(16)24/h2-8,23-25H,18H2,1H3. The summed E-state index contributed by atoms with van der Waals surface area (Å²) in [6.45, 7) is 0. The van der Waals surface area contributed by atoms with E-state index in [0.29, 0.717) is 21.7 Å². The molecule has 4 N–H and O–H groups in total. The summed E-state index contributed by atoms with van der Waals surface area (Å²) in [5, 5.41) is 37.3. The van der Waals surface area contributed by atoms with Crippen molar-refractivity contribution in [3.63, 3.8) is 0 Å². The van der Waals surface area contributed by atoms with E-state index < -0.39 is 0 Å². The van der Waals surface area contributed by atoms with Crippen molar-refractivity contribution in [2.75, 3.05) is 12.8 Å². The minimum Gasteiger partial charge on any atom is -0.506 e. The molecule has 0 bridgehead atoms. The number of phenolic OH excluding ortho intramolecular Hbond substituents is 2. The first-order chi connectivity index (χ1) is 12.0. The Morgan fingerprint density at radius 2 is 1.76 bits per heavy atom. The highest BCUT2D eigenvalue weighted by atomic mass is 32.1. The Hall–Kier alpha value is -3.13. The number of nitrogens with two attached hydrogens (primary N) is 1. The molecule has 0 aliphatic heterocycles. The molecule has 0 saturated carbocycles. The first-order valence-electron chi connectivity index (χ1n) is 7.28. The maximum Gasteiger partial charge on any atom is 0.152 e. The number of anilines is 1. The number of fused-ring (bicyclic) bond motifs is 1. The van der Waals surface area contributed by atoms with Crippen LogP contribution in [0.2, 0.25) is 0 Å². The van der Waals surface area contributed by atoms with Crippen molar-refractivity contribution in [3.8, 4) is 11.5 Å². The number of rotatable bonds is 3. The Bertz CT molecular complexity index is 1020. The molecule has 3 aromatic rings. The molecule has 0 unspecified atom stereocenters. The summed E-state index contributed by atoms with van der Waals surface area (Å²) in [5.74, 6) is -0.149. The van der Waals surface area contributed by atoms with Crippen LogP contribution in [0.3, 0.4) is 0 Å². The normalized spacial score (nSPS) is 11.8. The second-order valence-electron chi connectivity index (χ2n) is 5.25. The van der Waals surface area contributed by atoms with Gasteiger partial charge in [-0.1, -0.05) is 0 Å².